The van der Waals surface area contributed by atoms with Crippen molar-refractivity contribution in [2.75, 3.05) is 12.4 Å². The Balaban J connectivity index is 2.60. The van der Waals surface area contributed by atoms with E-state index in [1.165, 1.54) is 26.4 Å². The van der Waals surface area contributed by atoms with Gasteiger partial charge in [0.1, 0.15) is 12.6 Å². The molecule has 0 spiro atoms. The van der Waals surface area contributed by atoms with Gasteiger partial charge in [0.2, 0.25) is 0 Å². The van der Waals surface area contributed by atoms with Crippen LogP contribution in [0.2, 0.25) is 0 Å². The van der Waals surface area contributed by atoms with Crippen molar-refractivity contribution in [3.05, 3.63) is 12.4 Å². The quantitative estimate of drug-likeness (QED) is 0.822. The molecule has 0 aliphatic rings. The van der Waals surface area contributed by atoms with E-state index in [9.17, 15) is 18.0 Å². The van der Waals surface area contributed by atoms with E-state index in [2.05, 4.69) is 15.2 Å². The molecule has 0 saturated carbocycles. The average Bonchev–Trinajstić information content (AvgIpc) is 2.61. The fourth-order valence-electron chi connectivity index (χ4n) is 1.19. The number of halogens is 3. The van der Waals surface area contributed by atoms with Gasteiger partial charge >= 0.3 is 12.1 Å². The Morgan fingerprint density at radius 3 is 2.82 bits per heavy atom. The minimum absolute atomic E-state index is 0.326. The number of hydrogen-bond donors (Lipinski definition) is 1. The van der Waals surface area contributed by atoms with Crippen molar-refractivity contribution < 1.29 is 22.7 Å². The Labute approximate surface area is 95.5 Å². The van der Waals surface area contributed by atoms with Gasteiger partial charge in [0.15, 0.2) is 0 Å². The van der Waals surface area contributed by atoms with Crippen LogP contribution in [0.15, 0.2) is 12.4 Å². The van der Waals surface area contributed by atoms with Gasteiger partial charge in [-0.1, -0.05) is 0 Å². The second kappa shape index (κ2) is 5.07. The van der Waals surface area contributed by atoms with Crippen molar-refractivity contribution in [1.29, 1.82) is 0 Å². The van der Waals surface area contributed by atoms with Crippen molar-refractivity contribution in [1.82, 2.24) is 9.78 Å². The molecule has 8 heteroatoms. The van der Waals surface area contributed by atoms with Crippen LogP contribution in [0.5, 0.6) is 0 Å². The number of nitrogens with one attached hydrogen (secondary N) is 1. The normalized spacial score (nSPS) is 13.2. The predicted molar refractivity (Wildman–Crippen MR) is 53.4 cm³/mol. The number of carbonyl (C=O) groups is 1. The highest BCUT2D eigenvalue weighted by molar-refractivity contribution is 5.78. The summed E-state index contributed by atoms with van der Waals surface area (Å²) in [6.07, 6.45) is -1.94. The van der Waals surface area contributed by atoms with Gasteiger partial charge in [-0.25, -0.2) is 4.79 Å². The molecule has 0 aromatic carbocycles. The third-order valence-corrected chi connectivity index (χ3v) is 1.91. The van der Waals surface area contributed by atoms with Crippen molar-refractivity contribution in [3.63, 3.8) is 0 Å². The number of aromatic nitrogens is 2. The molecule has 0 aliphatic carbocycles. The van der Waals surface area contributed by atoms with E-state index in [1.54, 1.807) is 0 Å². The number of esters is 1. The summed E-state index contributed by atoms with van der Waals surface area (Å²) < 4.78 is 41.3. The monoisotopic (exact) mass is 251 g/mol. The maximum Gasteiger partial charge on any atom is 0.408 e. The minimum atomic E-state index is -4.32. The van der Waals surface area contributed by atoms with Crippen molar-refractivity contribution in [2.24, 2.45) is 0 Å². The molecule has 1 N–H and O–H groups in total. The summed E-state index contributed by atoms with van der Waals surface area (Å²) in [5.74, 6) is -0.506. The molecule has 1 atom stereocenters. The molecular formula is C9H12F3N3O2. The van der Waals surface area contributed by atoms with Crippen LogP contribution in [-0.4, -0.2) is 35.1 Å². The van der Waals surface area contributed by atoms with E-state index in [1.807, 2.05) is 0 Å². The number of ether oxygens (including phenoxy) is 1. The van der Waals surface area contributed by atoms with Crippen LogP contribution in [0, 0.1) is 0 Å². The number of alkyl halides is 3. The minimum Gasteiger partial charge on any atom is -0.467 e. The van der Waals surface area contributed by atoms with E-state index in [-0.39, 0.29) is 0 Å². The molecule has 1 heterocycles. The number of nitrogens with zero attached hydrogens (tertiary/aromatic N) is 2. The standard InChI is InChI=1S/C9H12F3N3O2/c1-6(8(16)17-2)14-7-3-13-15(4-7)5-9(10,11)12/h3-4,6,14H,5H2,1-2H3/t6-/m1/s1. The molecule has 17 heavy (non-hydrogen) atoms. The lowest BCUT2D eigenvalue weighted by molar-refractivity contribution is -0.143. The summed E-state index contributed by atoms with van der Waals surface area (Å²) in [6.45, 7) is 0.369. The Kier molecular flexibility index (Phi) is 3.97. The first kappa shape index (κ1) is 13.3. The van der Waals surface area contributed by atoms with Gasteiger partial charge in [-0.15, -0.1) is 0 Å². The third-order valence-electron chi connectivity index (χ3n) is 1.91. The lowest BCUT2D eigenvalue weighted by Gasteiger charge is -2.10. The number of anilines is 1. The molecule has 0 amide bonds. The molecule has 1 aromatic rings. The van der Waals surface area contributed by atoms with Crippen LogP contribution < -0.4 is 5.32 Å². The zero-order valence-electron chi connectivity index (χ0n) is 9.28. The van der Waals surface area contributed by atoms with Gasteiger partial charge in [0, 0.05) is 6.20 Å². The highest BCUT2D eigenvalue weighted by Crippen LogP contribution is 2.18. The van der Waals surface area contributed by atoms with Gasteiger partial charge < -0.3 is 10.1 Å². The van der Waals surface area contributed by atoms with Gasteiger partial charge in [-0.3, -0.25) is 4.68 Å². The highest BCUT2D eigenvalue weighted by atomic mass is 19.4. The fraction of sp³-hybridized carbons (Fsp3) is 0.556. The van der Waals surface area contributed by atoms with Crippen molar-refractivity contribution in [2.45, 2.75) is 25.7 Å². The highest BCUT2D eigenvalue weighted by Gasteiger charge is 2.28. The number of hydrogen-bond acceptors (Lipinski definition) is 4. The third kappa shape index (κ3) is 4.33. The zero-order chi connectivity index (χ0) is 13.1. The van der Waals surface area contributed by atoms with Crippen LogP contribution in [0.4, 0.5) is 18.9 Å². The maximum absolute atomic E-state index is 12.0. The average molecular weight is 251 g/mol. The molecule has 0 aliphatic heterocycles. The predicted octanol–water partition coefficient (Wildman–Crippen LogP) is 1.42. The van der Waals surface area contributed by atoms with Crippen LogP contribution in [-0.2, 0) is 16.1 Å². The van der Waals surface area contributed by atoms with Gasteiger partial charge in [-0.05, 0) is 6.92 Å². The summed E-state index contributed by atoms with van der Waals surface area (Å²) >= 11 is 0. The first-order valence-corrected chi connectivity index (χ1v) is 4.75. The van der Waals surface area contributed by atoms with Crippen molar-refractivity contribution in [3.8, 4) is 0 Å². The molecule has 0 saturated heterocycles. The molecule has 0 radical (unpaired) electrons. The molecule has 0 bridgehead atoms. The Hall–Kier alpha value is -1.73. The SMILES string of the molecule is COC(=O)[C@@H](C)Nc1cnn(CC(F)(F)F)c1. The van der Waals surface area contributed by atoms with E-state index < -0.39 is 24.7 Å². The Morgan fingerprint density at radius 2 is 2.29 bits per heavy atom. The number of methoxy groups -OCH3 is 1. The number of rotatable bonds is 4. The summed E-state index contributed by atoms with van der Waals surface area (Å²) in [4.78, 5) is 11.1. The van der Waals surface area contributed by atoms with Gasteiger partial charge in [0.05, 0.1) is 19.0 Å². The second-order valence-corrected chi connectivity index (χ2v) is 3.43. The van der Waals surface area contributed by atoms with Gasteiger partial charge in [-0.2, -0.15) is 18.3 Å². The molecule has 5 nitrogen and oxygen atoms in total. The topological polar surface area (TPSA) is 56.1 Å². The fourth-order valence-corrected chi connectivity index (χ4v) is 1.19. The number of carbonyl (C=O) groups excluding carboxylic acids is 1. The smallest absolute Gasteiger partial charge is 0.408 e. The lowest BCUT2D eigenvalue weighted by atomic mass is 10.3. The molecule has 0 unspecified atom stereocenters. The van der Waals surface area contributed by atoms with Crippen LogP contribution >= 0.6 is 0 Å². The summed E-state index contributed by atoms with van der Waals surface area (Å²) in [5, 5.41) is 6.20. The second-order valence-electron chi connectivity index (χ2n) is 3.43. The van der Waals surface area contributed by atoms with E-state index in [0.717, 1.165) is 4.68 Å². The molecule has 0 fully saturated rings. The van der Waals surface area contributed by atoms with Gasteiger partial charge in [0.25, 0.3) is 0 Å². The first-order valence-electron chi connectivity index (χ1n) is 4.75. The maximum atomic E-state index is 12.0. The molecule has 96 valence electrons. The first-order chi connectivity index (χ1) is 7.81. The largest absolute Gasteiger partial charge is 0.467 e. The van der Waals surface area contributed by atoms with Crippen LogP contribution in [0.25, 0.3) is 0 Å². The molecular weight excluding hydrogens is 239 g/mol. The molecule has 1 aromatic heterocycles. The Morgan fingerprint density at radius 1 is 1.65 bits per heavy atom. The zero-order valence-corrected chi connectivity index (χ0v) is 9.28. The van der Waals surface area contributed by atoms with E-state index in [4.69, 9.17) is 0 Å². The summed E-state index contributed by atoms with van der Waals surface area (Å²) in [6, 6.07) is -0.650. The van der Waals surface area contributed by atoms with Crippen molar-refractivity contribution >= 4 is 11.7 Å². The summed E-state index contributed by atoms with van der Waals surface area (Å²) in [5.41, 5.74) is 0.326. The van der Waals surface area contributed by atoms with Crippen LogP contribution in [0.3, 0.4) is 0 Å². The van der Waals surface area contributed by atoms with E-state index in [0.29, 0.717) is 5.69 Å². The van der Waals surface area contributed by atoms with Crippen LogP contribution in [0.1, 0.15) is 6.92 Å². The lowest BCUT2D eigenvalue weighted by Crippen LogP contribution is -2.26. The summed E-state index contributed by atoms with van der Waals surface area (Å²) in [7, 11) is 1.23. The van der Waals surface area contributed by atoms with E-state index >= 15 is 0 Å². The Bertz CT molecular complexity index is 389. The molecule has 1 rings (SSSR count).